The molecule has 18 heteroatoms. The summed E-state index contributed by atoms with van der Waals surface area (Å²) < 4.78 is 67.2. The van der Waals surface area contributed by atoms with Crippen molar-refractivity contribution in [3.05, 3.63) is 74.4 Å². The van der Waals surface area contributed by atoms with Gasteiger partial charge in [0.2, 0.25) is 0 Å². The third-order valence-electron chi connectivity index (χ3n) is 5.60. The molecule has 0 radical (unpaired) electrons. The zero-order valence-electron chi connectivity index (χ0n) is 22.8. The lowest BCUT2D eigenvalue weighted by atomic mass is 10.0. The lowest BCUT2D eigenvalue weighted by Crippen LogP contribution is -2.41. The molecule has 4 aromatic rings. The predicted octanol–water partition coefficient (Wildman–Crippen LogP) is 5.46. The summed E-state index contributed by atoms with van der Waals surface area (Å²) in [6.07, 6.45) is -4.56. The van der Waals surface area contributed by atoms with E-state index in [1.54, 1.807) is 33.8 Å². The first-order chi connectivity index (χ1) is 19.9. The maximum Gasteiger partial charge on any atom is 0.461 e. The van der Waals surface area contributed by atoms with E-state index in [9.17, 15) is 31.5 Å². The number of pyridine rings is 1. The van der Waals surface area contributed by atoms with Crippen molar-refractivity contribution in [1.29, 1.82) is 0 Å². The number of amides is 2. The minimum Gasteiger partial charge on any atom is -0.347 e. The van der Waals surface area contributed by atoms with E-state index in [1.807, 2.05) is 0 Å². The van der Waals surface area contributed by atoms with Crippen LogP contribution in [0.4, 0.5) is 27.6 Å². The summed E-state index contributed by atoms with van der Waals surface area (Å²) in [7, 11) is 0. The highest BCUT2D eigenvalue weighted by Crippen LogP contribution is 2.41. The molecule has 228 valence electrons. The largest absolute Gasteiger partial charge is 0.461 e. The lowest BCUT2D eigenvalue weighted by molar-refractivity contribution is -0.292. The van der Waals surface area contributed by atoms with Crippen LogP contribution in [0.2, 0.25) is 5.02 Å². The fourth-order valence-electron chi connectivity index (χ4n) is 3.74. The van der Waals surface area contributed by atoms with E-state index in [4.69, 9.17) is 11.6 Å². The monoisotopic (exact) mass is 689 g/mol. The van der Waals surface area contributed by atoms with Gasteiger partial charge in [-0.3, -0.25) is 9.59 Å². The Balaban J connectivity index is 1.74. The molecule has 2 N–H and O–H groups in total. The first-order valence-electron chi connectivity index (χ1n) is 12.2. The molecule has 4 rings (SSSR count). The standard InChI is InChI=1S/C25H22BrClF5N9O2/c1-12-8-13(26)9-15(20(42)35-23(2,3)4)18(12)34-21(43)17-10-14(37-41(17)19-16(27)6-5-7-33-19)11-40-38-22(36-39-40)24(28,29)25(30,31)32/h5-10H,11H2,1-4H3,(H,34,43)(H,35,42). The Morgan fingerprint density at radius 3 is 2.37 bits per heavy atom. The van der Waals surface area contributed by atoms with Crippen LogP contribution in [0.15, 0.2) is 41.0 Å². The van der Waals surface area contributed by atoms with Gasteiger partial charge in [-0.2, -0.15) is 31.8 Å². The Morgan fingerprint density at radius 1 is 1.05 bits per heavy atom. The average molecular weight is 691 g/mol. The van der Waals surface area contributed by atoms with E-state index in [0.717, 1.165) is 4.68 Å². The Bertz CT molecular complexity index is 1700. The van der Waals surface area contributed by atoms with Gasteiger partial charge in [0.15, 0.2) is 5.82 Å². The zero-order valence-corrected chi connectivity index (χ0v) is 25.1. The van der Waals surface area contributed by atoms with Gasteiger partial charge >= 0.3 is 12.1 Å². The number of hydrogen-bond acceptors (Lipinski definition) is 7. The van der Waals surface area contributed by atoms with Crippen molar-refractivity contribution >= 4 is 45.0 Å². The third-order valence-corrected chi connectivity index (χ3v) is 6.35. The normalized spacial score (nSPS) is 12.3. The third kappa shape index (κ3) is 6.98. The van der Waals surface area contributed by atoms with Crippen LogP contribution in [-0.4, -0.2) is 58.5 Å². The van der Waals surface area contributed by atoms with E-state index >= 15 is 0 Å². The summed E-state index contributed by atoms with van der Waals surface area (Å²) >= 11 is 9.65. The summed E-state index contributed by atoms with van der Waals surface area (Å²) in [5, 5.41) is 19.1. The van der Waals surface area contributed by atoms with Gasteiger partial charge in [-0.1, -0.05) is 27.5 Å². The smallest absolute Gasteiger partial charge is 0.347 e. The molecule has 1 aromatic carbocycles. The Kier molecular flexibility index (Phi) is 8.61. The number of rotatable bonds is 7. The van der Waals surface area contributed by atoms with Crippen LogP contribution in [0.5, 0.6) is 0 Å². The maximum absolute atomic E-state index is 13.7. The minimum absolute atomic E-state index is 0.00892. The number of anilines is 1. The number of hydrogen-bond donors (Lipinski definition) is 2. The molecule has 0 saturated heterocycles. The fourth-order valence-corrected chi connectivity index (χ4v) is 4.52. The molecule has 0 atom stereocenters. The molecule has 2 amide bonds. The van der Waals surface area contributed by atoms with E-state index in [0.29, 0.717) is 14.8 Å². The van der Waals surface area contributed by atoms with Gasteiger partial charge in [0.25, 0.3) is 17.6 Å². The summed E-state index contributed by atoms with van der Waals surface area (Å²) in [5.41, 5.74) is 0.0897. The molecule has 11 nitrogen and oxygen atoms in total. The minimum atomic E-state index is -5.93. The summed E-state index contributed by atoms with van der Waals surface area (Å²) in [6, 6.07) is 7.45. The second-order valence-electron chi connectivity index (χ2n) is 10.3. The molecule has 43 heavy (non-hydrogen) atoms. The van der Waals surface area contributed by atoms with Crippen molar-refractivity contribution in [2.75, 3.05) is 5.32 Å². The van der Waals surface area contributed by atoms with Crippen LogP contribution in [0.1, 0.15) is 58.7 Å². The molecule has 3 heterocycles. The second-order valence-corrected chi connectivity index (χ2v) is 11.6. The Labute approximate surface area is 253 Å². The number of carbonyl (C=O) groups is 2. The first-order valence-corrected chi connectivity index (χ1v) is 13.4. The van der Waals surface area contributed by atoms with Gasteiger partial charge in [0.1, 0.15) is 12.2 Å². The molecule has 0 aliphatic heterocycles. The van der Waals surface area contributed by atoms with Crippen molar-refractivity contribution in [3.63, 3.8) is 0 Å². The van der Waals surface area contributed by atoms with Crippen LogP contribution >= 0.6 is 27.5 Å². The SMILES string of the molecule is Cc1cc(Br)cc(C(=O)NC(C)(C)C)c1NC(=O)c1cc(Cn2nnc(C(F)(F)C(F)(F)F)n2)nn1-c1ncccc1Cl. The number of aromatic nitrogens is 7. The molecule has 0 spiro atoms. The first kappa shape index (κ1) is 31.9. The van der Waals surface area contributed by atoms with E-state index < -0.39 is 41.8 Å². The van der Waals surface area contributed by atoms with Crippen molar-refractivity contribution in [1.82, 2.24) is 40.3 Å². The highest BCUT2D eigenvalue weighted by molar-refractivity contribution is 9.10. The van der Waals surface area contributed by atoms with E-state index in [1.165, 1.54) is 30.5 Å². The van der Waals surface area contributed by atoms with Crippen molar-refractivity contribution < 1.29 is 31.5 Å². The fraction of sp³-hybridized carbons (Fsp3) is 0.320. The number of halogens is 7. The van der Waals surface area contributed by atoms with Crippen LogP contribution < -0.4 is 10.6 Å². The van der Waals surface area contributed by atoms with Crippen LogP contribution in [0.3, 0.4) is 0 Å². The highest BCUT2D eigenvalue weighted by Gasteiger charge is 2.62. The van der Waals surface area contributed by atoms with Gasteiger partial charge in [0.05, 0.1) is 22.0 Å². The van der Waals surface area contributed by atoms with Gasteiger partial charge in [-0.05, 0) is 68.8 Å². The molecule has 3 aromatic heterocycles. The summed E-state index contributed by atoms with van der Waals surface area (Å²) in [6.45, 7) is 6.51. The molecule has 0 aliphatic rings. The van der Waals surface area contributed by atoms with Crippen LogP contribution in [0, 0.1) is 6.92 Å². The second kappa shape index (κ2) is 11.6. The molecular formula is C25H22BrClF5N9O2. The van der Waals surface area contributed by atoms with Crippen molar-refractivity contribution in [3.8, 4) is 5.82 Å². The molecule has 0 aliphatic carbocycles. The Hall–Kier alpha value is -3.99. The van der Waals surface area contributed by atoms with E-state index in [2.05, 4.69) is 52.1 Å². The highest BCUT2D eigenvalue weighted by atomic mass is 79.9. The average Bonchev–Trinajstić information content (AvgIpc) is 3.52. The molecule has 0 saturated carbocycles. The van der Waals surface area contributed by atoms with Gasteiger partial charge in [0, 0.05) is 16.2 Å². The lowest BCUT2D eigenvalue weighted by Gasteiger charge is -2.22. The topological polar surface area (TPSA) is 133 Å². The van der Waals surface area contributed by atoms with Gasteiger partial charge in [-0.15, -0.1) is 10.2 Å². The molecule has 0 fully saturated rings. The van der Waals surface area contributed by atoms with Crippen molar-refractivity contribution in [2.24, 2.45) is 0 Å². The Morgan fingerprint density at radius 2 is 1.74 bits per heavy atom. The van der Waals surface area contributed by atoms with Gasteiger partial charge < -0.3 is 10.6 Å². The molecule has 0 bridgehead atoms. The number of nitrogens with one attached hydrogen (secondary N) is 2. The maximum atomic E-state index is 13.7. The number of aryl methyl sites for hydroxylation is 1. The number of alkyl halides is 5. The number of tetrazole rings is 1. The van der Waals surface area contributed by atoms with E-state index in [-0.39, 0.29) is 33.5 Å². The number of carbonyl (C=O) groups excluding carboxylic acids is 2. The van der Waals surface area contributed by atoms with Gasteiger partial charge in [-0.25, -0.2) is 9.67 Å². The summed E-state index contributed by atoms with van der Waals surface area (Å²) in [4.78, 5) is 31.4. The number of benzene rings is 1. The van der Waals surface area contributed by atoms with Crippen LogP contribution in [-0.2, 0) is 12.5 Å². The zero-order chi connectivity index (χ0) is 31.9. The summed E-state index contributed by atoms with van der Waals surface area (Å²) in [5.74, 6) is -8.41. The molecular weight excluding hydrogens is 669 g/mol. The number of nitrogens with zero attached hydrogens (tertiary/aromatic N) is 7. The molecule has 0 unspecified atom stereocenters. The van der Waals surface area contributed by atoms with Crippen LogP contribution in [0.25, 0.3) is 5.82 Å². The quantitative estimate of drug-likeness (QED) is 0.246. The predicted molar refractivity (Wildman–Crippen MR) is 147 cm³/mol. The van der Waals surface area contributed by atoms with Crippen molar-refractivity contribution in [2.45, 2.75) is 51.9 Å².